The summed E-state index contributed by atoms with van der Waals surface area (Å²) in [5.41, 5.74) is -0.902. The molecule has 1 rings (SSSR count). The molecule has 0 aliphatic heterocycles. The van der Waals surface area contributed by atoms with Crippen molar-refractivity contribution >= 4 is 11.8 Å². The van der Waals surface area contributed by atoms with Crippen LogP contribution in [0.3, 0.4) is 0 Å². The van der Waals surface area contributed by atoms with E-state index in [9.17, 15) is 14.7 Å². The molecule has 0 aromatic rings. The highest BCUT2D eigenvalue weighted by Gasteiger charge is 2.51. The lowest BCUT2D eigenvalue weighted by molar-refractivity contribution is -0.146. The van der Waals surface area contributed by atoms with Crippen molar-refractivity contribution in [2.75, 3.05) is 7.11 Å². The highest BCUT2D eigenvalue weighted by Crippen LogP contribution is 2.48. The molecule has 0 amide bonds. The summed E-state index contributed by atoms with van der Waals surface area (Å²) >= 11 is 0. The number of ether oxygens (including phenoxy) is 1. The van der Waals surface area contributed by atoms with Gasteiger partial charge in [-0.05, 0) is 11.8 Å². The van der Waals surface area contributed by atoms with Crippen LogP contribution in [0.2, 0.25) is 0 Å². The van der Waals surface area contributed by atoms with Crippen molar-refractivity contribution in [2.45, 2.75) is 46.1 Å². The van der Waals surface area contributed by atoms with Gasteiger partial charge in [-0.25, -0.2) is 0 Å². The van der Waals surface area contributed by atoms with E-state index >= 15 is 0 Å². The fourth-order valence-electron chi connectivity index (χ4n) is 2.56. The smallest absolute Gasteiger partial charge is 0.308 e. The Labute approximate surface area is 96.0 Å². The van der Waals surface area contributed by atoms with Gasteiger partial charge in [0.05, 0.1) is 25.0 Å². The van der Waals surface area contributed by atoms with Gasteiger partial charge in [-0.2, -0.15) is 0 Å². The maximum Gasteiger partial charge on any atom is 0.308 e. The molecule has 16 heavy (non-hydrogen) atoms. The van der Waals surface area contributed by atoms with Gasteiger partial charge in [0.15, 0.2) is 0 Å². The fraction of sp³-hybridized carbons (Fsp3) is 0.833. The first-order chi connectivity index (χ1) is 7.21. The van der Waals surface area contributed by atoms with E-state index in [1.165, 1.54) is 7.11 Å². The molecule has 1 aliphatic carbocycles. The van der Waals surface area contributed by atoms with Crippen molar-refractivity contribution in [1.82, 2.24) is 0 Å². The third kappa shape index (κ3) is 2.43. The number of carbonyl (C=O) groups excluding carboxylic acids is 2. The van der Waals surface area contributed by atoms with Crippen LogP contribution in [-0.2, 0) is 14.3 Å². The van der Waals surface area contributed by atoms with Crippen LogP contribution in [0.5, 0.6) is 0 Å². The van der Waals surface area contributed by atoms with Crippen LogP contribution < -0.4 is 0 Å². The number of esters is 1. The number of rotatable bonds is 3. The first-order valence-corrected chi connectivity index (χ1v) is 5.49. The van der Waals surface area contributed by atoms with Crippen molar-refractivity contribution in [3.63, 3.8) is 0 Å². The molecule has 0 radical (unpaired) electrons. The van der Waals surface area contributed by atoms with Crippen molar-refractivity contribution < 1.29 is 19.4 Å². The summed E-state index contributed by atoms with van der Waals surface area (Å²) in [5.74, 6) is -0.444. The van der Waals surface area contributed by atoms with E-state index in [1.54, 1.807) is 6.92 Å². The first-order valence-electron chi connectivity index (χ1n) is 5.49. The zero-order valence-electron chi connectivity index (χ0n) is 10.4. The molecule has 0 heterocycles. The molecule has 2 atom stereocenters. The summed E-state index contributed by atoms with van der Waals surface area (Å²) < 4.78 is 4.50. The lowest BCUT2D eigenvalue weighted by Crippen LogP contribution is -2.38. The average Bonchev–Trinajstić information content (AvgIpc) is 2.36. The highest BCUT2D eigenvalue weighted by atomic mass is 16.5. The number of ketones is 1. The van der Waals surface area contributed by atoms with Crippen LogP contribution in [0.25, 0.3) is 0 Å². The van der Waals surface area contributed by atoms with Crippen molar-refractivity contribution in [1.29, 1.82) is 0 Å². The van der Waals surface area contributed by atoms with Gasteiger partial charge in [0.2, 0.25) is 0 Å². The standard InChI is InChI=1S/C12H20O4/c1-11(2)6-9(14)12(3,7-11)8(13)5-10(15)16-4/h8,13H,5-7H2,1-4H3/t8-,12-/m1/s1. The van der Waals surface area contributed by atoms with Crippen LogP contribution in [-0.4, -0.2) is 30.1 Å². The summed E-state index contributed by atoms with van der Waals surface area (Å²) in [6.07, 6.45) is 0.00214. The minimum atomic E-state index is -0.950. The topological polar surface area (TPSA) is 63.6 Å². The molecule has 1 aliphatic rings. The second-order valence-electron chi connectivity index (χ2n) is 5.65. The zero-order chi connectivity index (χ0) is 12.6. The number of aliphatic hydroxyl groups excluding tert-OH is 1. The molecule has 0 spiro atoms. The van der Waals surface area contributed by atoms with Gasteiger partial charge in [0.25, 0.3) is 0 Å². The Balaban J connectivity index is 2.78. The van der Waals surface area contributed by atoms with Gasteiger partial charge in [0, 0.05) is 6.42 Å². The highest BCUT2D eigenvalue weighted by molar-refractivity contribution is 5.88. The van der Waals surface area contributed by atoms with E-state index in [0.29, 0.717) is 12.8 Å². The Kier molecular flexibility index (Phi) is 3.43. The van der Waals surface area contributed by atoms with E-state index in [4.69, 9.17) is 0 Å². The number of Topliss-reactive ketones (excluding diaryl/α,β-unsaturated/α-hetero) is 1. The molecule has 0 saturated heterocycles. The number of methoxy groups -OCH3 is 1. The maximum absolute atomic E-state index is 11.9. The van der Waals surface area contributed by atoms with Crippen LogP contribution in [0.4, 0.5) is 0 Å². The van der Waals surface area contributed by atoms with E-state index in [-0.39, 0.29) is 17.6 Å². The molecule has 4 heteroatoms. The molecule has 92 valence electrons. The Morgan fingerprint density at radius 2 is 2.06 bits per heavy atom. The van der Waals surface area contributed by atoms with Gasteiger partial charge in [-0.15, -0.1) is 0 Å². The molecule has 0 bridgehead atoms. The molecular weight excluding hydrogens is 208 g/mol. The zero-order valence-corrected chi connectivity index (χ0v) is 10.4. The number of hydrogen-bond acceptors (Lipinski definition) is 4. The molecule has 1 fully saturated rings. The normalized spacial score (nSPS) is 30.2. The average molecular weight is 228 g/mol. The van der Waals surface area contributed by atoms with Gasteiger partial charge >= 0.3 is 5.97 Å². The third-order valence-electron chi connectivity index (χ3n) is 3.45. The fourth-order valence-corrected chi connectivity index (χ4v) is 2.56. The minimum Gasteiger partial charge on any atom is -0.469 e. The van der Waals surface area contributed by atoms with E-state index in [0.717, 1.165) is 0 Å². The van der Waals surface area contributed by atoms with Crippen LogP contribution in [0, 0.1) is 10.8 Å². The molecule has 1 N–H and O–H groups in total. The predicted molar refractivity (Wildman–Crippen MR) is 58.8 cm³/mol. The molecule has 0 aromatic carbocycles. The second kappa shape index (κ2) is 4.17. The van der Waals surface area contributed by atoms with Gasteiger partial charge in [0.1, 0.15) is 5.78 Å². The number of aliphatic hydroxyl groups is 1. The van der Waals surface area contributed by atoms with E-state index in [2.05, 4.69) is 4.74 Å². The predicted octanol–water partition coefficient (Wildman–Crippen LogP) is 1.31. The van der Waals surface area contributed by atoms with Crippen molar-refractivity contribution in [2.24, 2.45) is 10.8 Å². The Bertz CT molecular complexity index is 308. The maximum atomic E-state index is 11.9. The van der Waals surface area contributed by atoms with Crippen molar-refractivity contribution in [3.8, 4) is 0 Å². The number of hydrogen-bond donors (Lipinski definition) is 1. The second-order valence-corrected chi connectivity index (χ2v) is 5.65. The molecule has 4 nitrogen and oxygen atoms in total. The van der Waals surface area contributed by atoms with Gasteiger partial charge < -0.3 is 9.84 Å². The van der Waals surface area contributed by atoms with Crippen molar-refractivity contribution in [3.05, 3.63) is 0 Å². The number of carbonyl (C=O) groups is 2. The largest absolute Gasteiger partial charge is 0.469 e. The first kappa shape index (κ1) is 13.2. The van der Waals surface area contributed by atoms with Gasteiger partial charge in [-0.1, -0.05) is 20.8 Å². The van der Waals surface area contributed by atoms with Gasteiger partial charge in [-0.3, -0.25) is 9.59 Å². The van der Waals surface area contributed by atoms with E-state index in [1.807, 2.05) is 13.8 Å². The van der Waals surface area contributed by atoms with Crippen LogP contribution in [0.1, 0.15) is 40.0 Å². The van der Waals surface area contributed by atoms with E-state index < -0.39 is 17.5 Å². The summed E-state index contributed by atoms with van der Waals surface area (Å²) in [6.45, 7) is 5.74. The van der Waals surface area contributed by atoms with Crippen LogP contribution >= 0.6 is 0 Å². The lowest BCUT2D eigenvalue weighted by atomic mass is 9.77. The molecule has 1 saturated carbocycles. The summed E-state index contributed by atoms with van der Waals surface area (Å²) in [6, 6.07) is 0. The quantitative estimate of drug-likeness (QED) is 0.740. The lowest BCUT2D eigenvalue weighted by Gasteiger charge is -2.29. The summed E-state index contributed by atoms with van der Waals surface area (Å²) in [4.78, 5) is 23.0. The Morgan fingerprint density at radius 3 is 2.44 bits per heavy atom. The molecular formula is C12H20O4. The monoisotopic (exact) mass is 228 g/mol. The minimum absolute atomic E-state index is 0.0360. The SMILES string of the molecule is COC(=O)C[C@@H](O)[C@@]1(C)CC(C)(C)CC1=O. The summed E-state index contributed by atoms with van der Waals surface area (Å²) in [7, 11) is 1.28. The summed E-state index contributed by atoms with van der Waals surface area (Å²) in [5, 5.41) is 9.99. The molecule has 0 aromatic heterocycles. The third-order valence-corrected chi connectivity index (χ3v) is 3.45. The molecule has 0 unspecified atom stereocenters. The Morgan fingerprint density at radius 1 is 1.50 bits per heavy atom. The Hall–Kier alpha value is -0.900. The van der Waals surface area contributed by atoms with Crippen LogP contribution in [0.15, 0.2) is 0 Å².